The molecule has 0 bridgehead atoms. The molecular formula is C16H17F4N3O4S. The van der Waals surface area contributed by atoms with Crippen molar-refractivity contribution in [1.82, 2.24) is 13.9 Å². The zero-order valence-electron chi connectivity index (χ0n) is 14.5. The molecule has 0 amide bonds. The molecule has 1 aromatic carbocycles. The monoisotopic (exact) mass is 423 g/mol. The summed E-state index contributed by atoms with van der Waals surface area (Å²) in [6.45, 7) is -0.226. The Labute approximate surface area is 156 Å². The van der Waals surface area contributed by atoms with E-state index in [2.05, 4.69) is 4.98 Å². The van der Waals surface area contributed by atoms with Gasteiger partial charge in [0, 0.05) is 19.1 Å². The molecule has 28 heavy (non-hydrogen) atoms. The maximum atomic E-state index is 13.4. The fourth-order valence-electron chi connectivity index (χ4n) is 3.28. The number of piperidine rings is 1. The Morgan fingerprint density at radius 2 is 1.79 bits per heavy atom. The van der Waals surface area contributed by atoms with E-state index < -0.39 is 51.5 Å². The van der Waals surface area contributed by atoms with Crippen LogP contribution in [0.3, 0.4) is 0 Å². The second kappa shape index (κ2) is 7.32. The van der Waals surface area contributed by atoms with Gasteiger partial charge in [-0.2, -0.15) is 13.2 Å². The Hall–Kier alpha value is -2.21. The third-order valence-electron chi connectivity index (χ3n) is 4.72. The average molecular weight is 423 g/mol. The lowest BCUT2D eigenvalue weighted by molar-refractivity contribution is -0.130. The van der Waals surface area contributed by atoms with Gasteiger partial charge in [-0.05, 0) is 31.0 Å². The van der Waals surface area contributed by atoms with Crippen LogP contribution in [0.15, 0.2) is 27.8 Å². The molecule has 1 saturated heterocycles. The maximum Gasteiger partial charge on any atom is 0.390 e. The summed E-state index contributed by atoms with van der Waals surface area (Å²) in [5, 5.41) is -0.0140. The quantitative estimate of drug-likeness (QED) is 0.759. The van der Waals surface area contributed by atoms with Crippen LogP contribution in [0.2, 0.25) is 0 Å². The summed E-state index contributed by atoms with van der Waals surface area (Å²) in [6, 6.07) is 2.74. The van der Waals surface area contributed by atoms with Gasteiger partial charge in [0.05, 0.1) is 23.1 Å². The third kappa shape index (κ3) is 4.27. The highest BCUT2D eigenvalue weighted by atomic mass is 32.2. The number of benzene rings is 1. The zero-order valence-corrected chi connectivity index (χ0v) is 15.3. The summed E-state index contributed by atoms with van der Waals surface area (Å²) in [6.07, 6.45) is -5.86. The molecule has 1 aliphatic rings. The number of hydrogen-bond donors (Lipinski definition) is 1. The van der Waals surface area contributed by atoms with Crippen molar-refractivity contribution in [3.05, 3.63) is 44.9 Å². The number of nitrogens with one attached hydrogen (secondary N) is 1. The number of aromatic nitrogens is 2. The van der Waals surface area contributed by atoms with Gasteiger partial charge < -0.3 is 4.98 Å². The van der Waals surface area contributed by atoms with Crippen molar-refractivity contribution in [1.29, 1.82) is 0 Å². The van der Waals surface area contributed by atoms with Gasteiger partial charge >= 0.3 is 11.9 Å². The molecule has 7 nitrogen and oxygen atoms in total. The second-order valence-corrected chi connectivity index (χ2v) is 8.70. The number of aromatic amines is 1. The van der Waals surface area contributed by atoms with Crippen LogP contribution in [-0.2, 0) is 10.0 Å². The Morgan fingerprint density at radius 3 is 2.39 bits per heavy atom. The number of sulfonamides is 1. The van der Waals surface area contributed by atoms with Crippen LogP contribution in [0.1, 0.15) is 25.3 Å². The largest absolute Gasteiger partial charge is 0.390 e. The first-order valence-corrected chi connectivity index (χ1v) is 10.1. The van der Waals surface area contributed by atoms with Gasteiger partial charge in [-0.15, -0.1) is 0 Å². The lowest BCUT2D eigenvalue weighted by Gasteiger charge is -2.31. The molecule has 2 heterocycles. The Bertz CT molecular complexity index is 1100. The molecule has 0 radical (unpaired) electrons. The Kier molecular flexibility index (Phi) is 5.36. The van der Waals surface area contributed by atoms with E-state index in [-0.39, 0.29) is 36.8 Å². The van der Waals surface area contributed by atoms with E-state index in [4.69, 9.17) is 0 Å². The highest BCUT2D eigenvalue weighted by Gasteiger charge is 2.34. The van der Waals surface area contributed by atoms with Crippen molar-refractivity contribution in [2.75, 3.05) is 18.8 Å². The first kappa shape index (κ1) is 20.5. The lowest BCUT2D eigenvalue weighted by atomic mass is 10.1. The molecule has 12 heteroatoms. The van der Waals surface area contributed by atoms with Crippen molar-refractivity contribution in [2.45, 2.75) is 31.5 Å². The highest BCUT2D eigenvalue weighted by molar-refractivity contribution is 7.89. The van der Waals surface area contributed by atoms with Crippen LogP contribution in [-0.4, -0.2) is 47.3 Å². The zero-order chi connectivity index (χ0) is 20.7. The smallest absolute Gasteiger partial charge is 0.307 e. The van der Waals surface area contributed by atoms with Crippen LogP contribution in [0.25, 0.3) is 10.9 Å². The molecule has 1 aliphatic heterocycles. The maximum absolute atomic E-state index is 13.4. The minimum absolute atomic E-state index is 0.0140. The second-order valence-electron chi connectivity index (χ2n) is 6.61. The van der Waals surface area contributed by atoms with Gasteiger partial charge in [0.25, 0.3) is 5.56 Å². The van der Waals surface area contributed by atoms with E-state index in [1.807, 2.05) is 0 Å². The first-order chi connectivity index (χ1) is 13.0. The molecule has 3 rings (SSSR count). The molecule has 0 spiro atoms. The van der Waals surface area contributed by atoms with Gasteiger partial charge in [-0.25, -0.2) is 21.9 Å². The summed E-state index contributed by atoms with van der Waals surface area (Å²) < 4.78 is 76.3. The van der Waals surface area contributed by atoms with Crippen LogP contribution in [0.5, 0.6) is 0 Å². The number of fused-ring (bicyclic) bond motifs is 1. The molecule has 1 fully saturated rings. The van der Waals surface area contributed by atoms with E-state index >= 15 is 0 Å². The van der Waals surface area contributed by atoms with Crippen molar-refractivity contribution in [3.63, 3.8) is 0 Å². The number of nitrogens with zero attached hydrogens (tertiary/aromatic N) is 2. The number of alkyl halides is 3. The molecule has 0 saturated carbocycles. The number of hydrogen-bond acceptors (Lipinski definition) is 4. The molecule has 154 valence electrons. The summed E-state index contributed by atoms with van der Waals surface area (Å²) in [5.74, 6) is -1.69. The predicted molar refractivity (Wildman–Crippen MR) is 93.1 cm³/mol. The number of halogens is 4. The fraction of sp³-hybridized carbons (Fsp3) is 0.500. The first-order valence-electron chi connectivity index (χ1n) is 8.46. The van der Waals surface area contributed by atoms with Gasteiger partial charge in [0.15, 0.2) is 0 Å². The standard InChI is InChI=1S/C16H17F4N3O4S/c17-10-1-2-13-12(9-10)14(24)23(15(25)21-13)11-3-6-22(7-4-11)28(26,27)8-5-16(18,19)20/h1-2,9,11H,3-8H2,(H,21,25). The van der Waals surface area contributed by atoms with Gasteiger partial charge in [-0.1, -0.05) is 0 Å². The van der Waals surface area contributed by atoms with Gasteiger partial charge in [0.1, 0.15) is 5.82 Å². The Morgan fingerprint density at radius 1 is 1.14 bits per heavy atom. The SMILES string of the molecule is O=c1[nH]c2ccc(F)cc2c(=O)n1C1CCN(S(=O)(=O)CCC(F)(F)F)CC1. The number of H-pyrrole nitrogens is 1. The van der Waals surface area contributed by atoms with Gasteiger partial charge in [-0.3, -0.25) is 9.36 Å². The fourth-order valence-corrected chi connectivity index (χ4v) is 4.80. The lowest BCUT2D eigenvalue weighted by Crippen LogP contribution is -2.45. The van der Waals surface area contributed by atoms with E-state index in [9.17, 15) is 35.6 Å². The summed E-state index contributed by atoms with van der Waals surface area (Å²) in [7, 11) is -4.09. The minimum Gasteiger partial charge on any atom is -0.307 e. The van der Waals surface area contributed by atoms with Crippen molar-refractivity contribution < 1.29 is 26.0 Å². The average Bonchev–Trinajstić information content (AvgIpc) is 2.61. The van der Waals surface area contributed by atoms with Crippen LogP contribution >= 0.6 is 0 Å². The molecule has 0 aliphatic carbocycles. The normalized spacial score (nSPS) is 17.3. The molecule has 2 aromatic rings. The summed E-state index contributed by atoms with van der Waals surface area (Å²) in [4.78, 5) is 27.4. The molecule has 1 N–H and O–H groups in total. The van der Waals surface area contributed by atoms with E-state index in [1.54, 1.807) is 0 Å². The van der Waals surface area contributed by atoms with E-state index in [0.717, 1.165) is 21.0 Å². The van der Waals surface area contributed by atoms with E-state index in [0.29, 0.717) is 0 Å². The van der Waals surface area contributed by atoms with Crippen molar-refractivity contribution in [3.8, 4) is 0 Å². The highest BCUT2D eigenvalue weighted by Crippen LogP contribution is 2.25. The summed E-state index contributed by atoms with van der Waals surface area (Å²) >= 11 is 0. The van der Waals surface area contributed by atoms with Gasteiger partial charge in [0.2, 0.25) is 10.0 Å². The Balaban J connectivity index is 1.80. The van der Waals surface area contributed by atoms with Crippen molar-refractivity contribution in [2.24, 2.45) is 0 Å². The van der Waals surface area contributed by atoms with Crippen molar-refractivity contribution >= 4 is 20.9 Å². The topological polar surface area (TPSA) is 92.2 Å². The number of rotatable bonds is 4. The molecular weight excluding hydrogens is 406 g/mol. The third-order valence-corrected chi connectivity index (χ3v) is 6.59. The van der Waals surface area contributed by atoms with Crippen LogP contribution < -0.4 is 11.2 Å². The summed E-state index contributed by atoms with van der Waals surface area (Å²) in [5.41, 5.74) is -1.22. The van der Waals surface area contributed by atoms with Crippen LogP contribution in [0.4, 0.5) is 17.6 Å². The molecule has 1 aromatic heterocycles. The molecule has 0 atom stereocenters. The predicted octanol–water partition coefficient (Wildman–Crippen LogP) is 1.75. The van der Waals surface area contributed by atoms with E-state index in [1.165, 1.54) is 6.07 Å². The van der Waals surface area contributed by atoms with Crippen LogP contribution in [0, 0.1) is 5.82 Å². The minimum atomic E-state index is -4.58. The molecule has 0 unspecified atom stereocenters.